The number of alkyl halides is 1. The number of carbonyl (C=O) groups excluding carboxylic acids is 1. The Morgan fingerprint density at radius 1 is 1.60 bits per heavy atom. The zero-order chi connectivity index (χ0) is 11.3. The van der Waals surface area contributed by atoms with Crippen molar-refractivity contribution >= 4 is 21.7 Å². The van der Waals surface area contributed by atoms with E-state index in [9.17, 15) is 9.90 Å². The summed E-state index contributed by atoms with van der Waals surface area (Å²) in [5.41, 5.74) is 0.612. The molecule has 0 aliphatic heterocycles. The van der Waals surface area contributed by atoms with Crippen LogP contribution in [0.15, 0.2) is 24.3 Å². The molecule has 0 aliphatic carbocycles. The SMILES string of the molecule is CC(=O)c1cccc(OCC(O)CBr)c1. The van der Waals surface area contributed by atoms with Crippen LogP contribution in [0.25, 0.3) is 0 Å². The molecule has 0 heterocycles. The number of aliphatic hydroxyl groups is 1. The Morgan fingerprint density at radius 2 is 2.33 bits per heavy atom. The summed E-state index contributed by atoms with van der Waals surface area (Å²) in [6, 6.07) is 6.92. The molecule has 0 amide bonds. The second kappa shape index (κ2) is 5.88. The number of hydrogen-bond acceptors (Lipinski definition) is 3. The average molecular weight is 273 g/mol. The number of hydrogen-bond donors (Lipinski definition) is 1. The summed E-state index contributed by atoms with van der Waals surface area (Å²) >= 11 is 3.14. The number of ketones is 1. The first-order valence-electron chi connectivity index (χ1n) is 4.61. The summed E-state index contributed by atoms with van der Waals surface area (Å²) in [6.45, 7) is 1.72. The zero-order valence-corrected chi connectivity index (χ0v) is 10.0. The molecule has 1 atom stereocenters. The maximum Gasteiger partial charge on any atom is 0.159 e. The molecule has 0 aromatic heterocycles. The molecule has 0 aliphatic rings. The Bertz CT molecular complexity index is 338. The molecule has 0 saturated heterocycles. The predicted octanol–water partition coefficient (Wildman–Crippen LogP) is 2.02. The summed E-state index contributed by atoms with van der Waals surface area (Å²) < 4.78 is 5.32. The number of benzene rings is 1. The van der Waals surface area contributed by atoms with Gasteiger partial charge in [-0.15, -0.1) is 0 Å². The van der Waals surface area contributed by atoms with Crippen LogP contribution in [-0.4, -0.2) is 28.9 Å². The summed E-state index contributed by atoms with van der Waals surface area (Å²) in [4.78, 5) is 11.1. The first-order chi connectivity index (χ1) is 7.13. The van der Waals surface area contributed by atoms with Crippen LogP contribution >= 0.6 is 15.9 Å². The van der Waals surface area contributed by atoms with Gasteiger partial charge in [0.1, 0.15) is 12.4 Å². The third-order valence-corrected chi connectivity index (χ3v) is 2.61. The van der Waals surface area contributed by atoms with E-state index in [1.807, 2.05) is 0 Å². The van der Waals surface area contributed by atoms with Gasteiger partial charge in [-0.25, -0.2) is 0 Å². The Morgan fingerprint density at radius 3 is 2.93 bits per heavy atom. The van der Waals surface area contributed by atoms with E-state index in [0.717, 1.165) is 0 Å². The lowest BCUT2D eigenvalue weighted by Gasteiger charge is -2.10. The fourth-order valence-electron chi connectivity index (χ4n) is 1.04. The van der Waals surface area contributed by atoms with Gasteiger partial charge >= 0.3 is 0 Å². The molecule has 1 aromatic carbocycles. The predicted molar refractivity (Wildman–Crippen MR) is 61.7 cm³/mol. The smallest absolute Gasteiger partial charge is 0.159 e. The van der Waals surface area contributed by atoms with Gasteiger partial charge in [-0.1, -0.05) is 28.1 Å². The van der Waals surface area contributed by atoms with Crippen molar-refractivity contribution in [2.24, 2.45) is 0 Å². The zero-order valence-electron chi connectivity index (χ0n) is 8.44. The van der Waals surface area contributed by atoms with Gasteiger partial charge in [0.15, 0.2) is 5.78 Å². The molecule has 4 heteroatoms. The standard InChI is InChI=1S/C11H13BrO3/c1-8(13)9-3-2-4-11(5-9)15-7-10(14)6-12/h2-5,10,14H,6-7H2,1H3. The van der Waals surface area contributed by atoms with E-state index in [4.69, 9.17) is 4.74 Å². The topological polar surface area (TPSA) is 46.5 Å². The minimum atomic E-state index is -0.536. The molecular formula is C11H13BrO3. The Kier molecular flexibility index (Phi) is 4.78. The Balaban J connectivity index is 2.62. The molecule has 82 valence electrons. The van der Waals surface area contributed by atoms with Crippen LogP contribution in [0.5, 0.6) is 5.75 Å². The van der Waals surface area contributed by atoms with Crippen molar-refractivity contribution in [2.75, 3.05) is 11.9 Å². The van der Waals surface area contributed by atoms with Crippen molar-refractivity contribution in [3.05, 3.63) is 29.8 Å². The van der Waals surface area contributed by atoms with Crippen molar-refractivity contribution < 1.29 is 14.6 Å². The van der Waals surface area contributed by atoms with Crippen molar-refractivity contribution in [1.29, 1.82) is 0 Å². The Hall–Kier alpha value is -0.870. The van der Waals surface area contributed by atoms with E-state index in [1.165, 1.54) is 6.92 Å². The maximum absolute atomic E-state index is 11.1. The number of Topliss-reactive ketones (excluding diaryl/α,β-unsaturated/α-hetero) is 1. The van der Waals surface area contributed by atoms with Gasteiger partial charge in [0, 0.05) is 10.9 Å². The van der Waals surface area contributed by atoms with E-state index in [2.05, 4.69) is 15.9 Å². The highest BCUT2D eigenvalue weighted by molar-refractivity contribution is 9.09. The molecule has 0 spiro atoms. The van der Waals surface area contributed by atoms with Gasteiger partial charge in [-0.05, 0) is 19.1 Å². The molecule has 1 unspecified atom stereocenters. The van der Waals surface area contributed by atoms with E-state index in [-0.39, 0.29) is 12.4 Å². The van der Waals surface area contributed by atoms with E-state index in [0.29, 0.717) is 16.6 Å². The highest BCUT2D eigenvalue weighted by atomic mass is 79.9. The Labute approximate surface area is 97.2 Å². The lowest BCUT2D eigenvalue weighted by Crippen LogP contribution is -2.18. The van der Waals surface area contributed by atoms with E-state index in [1.54, 1.807) is 24.3 Å². The molecule has 15 heavy (non-hydrogen) atoms. The summed E-state index contributed by atoms with van der Waals surface area (Å²) in [5, 5.41) is 9.73. The van der Waals surface area contributed by atoms with Gasteiger partial charge in [-0.3, -0.25) is 4.79 Å². The monoisotopic (exact) mass is 272 g/mol. The largest absolute Gasteiger partial charge is 0.491 e. The lowest BCUT2D eigenvalue weighted by molar-refractivity contribution is 0.101. The molecule has 3 nitrogen and oxygen atoms in total. The molecule has 1 N–H and O–H groups in total. The third kappa shape index (κ3) is 4.01. The number of carbonyl (C=O) groups is 1. The summed E-state index contributed by atoms with van der Waals surface area (Å²) in [7, 11) is 0. The maximum atomic E-state index is 11.1. The normalized spacial score (nSPS) is 12.2. The first kappa shape index (κ1) is 12.2. The van der Waals surface area contributed by atoms with Crippen LogP contribution in [-0.2, 0) is 0 Å². The number of aliphatic hydroxyl groups excluding tert-OH is 1. The molecule has 0 radical (unpaired) electrons. The minimum Gasteiger partial charge on any atom is -0.491 e. The highest BCUT2D eigenvalue weighted by Crippen LogP contribution is 2.14. The molecular weight excluding hydrogens is 260 g/mol. The van der Waals surface area contributed by atoms with Crippen molar-refractivity contribution in [3.63, 3.8) is 0 Å². The number of halogens is 1. The molecule has 1 rings (SSSR count). The fraction of sp³-hybridized carbons (Fsp3) is 0.364. The average Bonchev–Trinajstić information content (AvgIpc) is 2.26. The first-order valence-corrected chi connectivity index (χ1v) is 5.73. The van der Waals surface area contributed by atoms with Crippen molar-refractivity contribution in [3.8, 4) is 5.75 Å². The van der Waals surface area contributed by atoms with Crippen LogP contribution in [0.4, 0.5) is 0 Å². The van der Waals surface area contributed by atoms with Crippen LogP contribution < -0.4 is 4.74 Å². The van der Waals surface area contributed by atoms with Crippen LogP contribution in [0.2, 0.25) is 0 Å². The van der Waals surface area contributed by atoms with E-state index < -0.39 is 6.10 Å². The van der Waals surface area contributed by atoms with Crippen LogP contribution in [0.1, 0.15) is 17.3 Å². The van der Waals surface area contributed by atoms with Gasteiger partial charge in [0.25, 0.3) is 0 Å². The van der Waals surface area contributed by atoms with Gasteiger partial charge in [0.2, 0.25) is 0 Å². The third-order valence-electron chi connectivity index (χ3n) is 1.86. The second-order valence-electron chi connectivity index (χ2n) is 3.20. The van der Waals surface area contributed by atoms with Crippen molar-refractivity contribution in [1.82, 2.24) is 0 Å². The van der Waals surface area contributed by atoms with Crippen LogP contribution in [0, 0.1) is 0 Å². The van der Waals surface area contributed by atoms with Crippen molar-refractivity contribution in [2.45, 2.75) is 13.0 Å². The van der Waals surface area contributed by atoms with Crippen LogP contribution in [0.3, 0.4) is 0 Å². The highest BCUT2D eigenvalue weighted by Gasteiger charge is 2.04. The summed E-state index contributed by atoms with van der Waals surface area (Å²) in [6.07, 6.45) is -0.536. The summed E-state index contributed by atoms with van der Waals surface area (Å²) in [5.74, 6) is 0.601. The second-order valence-corrected chi connectivity index (χ2v) is 3.85. The van der Waals surface area contributed by atoms with Gasteiger partial charge in [0.05, 0.1) is 6.10 Å². The van der Waals surface area contributed by atoms with Gasteiger partial charge < -0.3 is 9.84 Å². The molecule has 0 saturated carbocycles. The lowest BCUT2D eigenvalue weighted by atomic mass is 10.1. The number of rotatable bonds is 5. The molecule has 0 bridgehead atoms. The molecule has 1 aromatic rings. The molecule has 0 fully saturated rings. The number of ether oxygens (including phenoxy) is 1. The quantitative estimate of drug-likeness (QED) is 0.659. The van der Waals surface area contributed by atoms with E-state index >= 15 is 0 Å². The minimum absolute atomic E-state index is 0.00138. The fourth-order valence-corrected chi connectivity index (χ4v) is 1.23. The van der Waals surface area contributed by atoms with Gasteiger partial charge in [-0.2, -0.15) is 0 Å².